The van der Waals surface area contributed by atoms with E-state index in [9.17, 15) is 4.79 Å². The summed E-state index contributed by atoms with van der Waals surface area (Å²) >= 11 is 1.41. The van der Waals surface area contributed by atoms with Gasteiger partial charge in [-0.05, 0) is 48.2 Å². The average Bonchev–Trinajstić information content (AvgIpc) is 3.28. The number of methoxy groups -OCH3 is 1. The summed E-state index contributed by atoms with van der Waals surface area (Å²) < 4.78 is 7.10. The third-order valence-corrected chi connectivity index (χ3v) is 7.21. The second-order valence-corrected chi connectivity index (χ2v) is 9.16. The number of nitrogens with zero attached hydrogens (tertiary/aromatic N) is 5. The first-order valence-electron chi connectivity index (χ1n) is 11.1. The normalized spacial score (nSPS) is 18.3. The zero-order valence-electron chi connectivity index (χ0n) is 17.7. The summed E-state index contributed by atoms with van der Waals surface area (Å²) in [7, 11) is 1.63. The molecule has 2 aliphatic rings. The number of aromatic nitrogens is 4. The topological polar surface area (TPSA) is 73.1 Å². The number of carbonyl (C=O) groups is 1. The standard InChI is InChI=1S/C22H31N5O2S/c1-29-20-15-9-8-14-19(20)27-22(23-24-25-27)30-16-21(28)26(17-10-4-2-5-11-17)18-12-6-3-7-13-18/h8-9,14-15,17-18H,2-7,10-13,16H2,1H3. The Bertz CT molecular complexity index is 812. The Balaban J connectivity index is 1.48. The lowest BCUT2D eigenvalue weighted by molar-refractivity contribution is -0.135. The van der Waals surface area contributed by atoms with Gasteiger partial charge in [0.15, 0.2) is 0 Å². The molecule has 0 spiro atoms. The third-order valence-electron chi connectivity index (χ3n) is 6.30. The van der Waals surface area contributed by atoms with Crippen LogP contribution in [0.3, 0.4) is 0 Å². The molecule has 2 aliphatic carbocycles. The maximum Gasteiger partial charge on any atom is 0.233 e. The van der Waals surface area contributed by atoms with Crippen molar-refractivity contribution in [2.75, 3.05) is 12.9 Å². The second kappa shape index (κ2) is 10.3. The Morgan fingerprint density at radius 3 is 2.33 bits per heavy atom. The fraction of sp³-hybridized carbons (Fsp3) is 0.636. The Labute approximate surface area is 182 Å². The molecular weight excluding hydrogens is 398 g/mol. The van der Waals surface area contributed by atoms with Crippen LogP contribution in [0.4, 0.5) is 0 Å². The monoisotopic (exact) mass is 429 g/mol. The Morgan fingerprint density at radius 2 is 1.70 bits per heavy atom. The molecule has 0 aliphatic heterocycles. The van der Waals surface area contributed by atoms with Gasteiger partial charge in [0.25, 0.3) is 0 Å². The van der Waals surface area contributed by atoms with Crippen LogP contribution in [0.5, 0.6) is 5.75 Å². The molecule has 0 bridgehead atoms. The van der Waals surface area contributed by atoms with Crippen LogP contribution in [-0.2, 0) is 4.79 Å². The van der Waals surface area contributed by atoms with E-state index in [0.717, 1.165) is 31.4 Å². The lowest BCUT2D eigenvalue weighted by Gasteiger charge is -2.41. The van der Waals surface area contributed by atoms with E-state index in [0.29, 0.717) is 28.7 Å². The molecule has 7 nitrogen and oxygen atoms in total. The fourth-order valence-electron chi connectivity index (χ4n) is 4.85. The molecule has 1 aromatic heterocycles. The van der Waals surface area contributed by atoms with E-state index in [1.165, 1.54) is 50.3 Å². The van der Waals surface area contributed by atoms with Gasteiger partial charge in [0.2, 0.25) is 11.1 Å². The zero-order chi connectivity index (χ0) is 20.8. The van der Waals surface area contributed by atoms with Gasteiger partial charge in [-0.15, -0.1) is 5.10 Å². The molecular formula is C22H31N5O2S. The number of thioether (sulfide) groups is 1. The van der Waals surface area contributed by atoms with Gasteiger partial charge in [-0.1, -0.05) is 62.4 Å². The minimum atomic E-state index is 0.230. The molecule has 1 aromatic carbocycles. The summed E-state index contributed by atoms with van der Waals surface area (Å²) in [4.78, 5) is 15.7. The number of rotatable bonds is 7. The van der Waals surface area contributed by atoms with Gasteiger partial charge in [0.05, 0.1) is 12.9 Å². The molecule has 0 saturated heterocycles. The number of tetrazole rings is 1. The Kier molecular flexibility index (Phi) is 7.25. The molecule has 30 heavy (non-hydrogen) atoms. The lowest BCUT2D eigenvalue weighted by Crippen LogP contribution is -2.49. The first-order valence-corrected chi connectivity index (χ1v) is 12.1. The van der Waals surface area contributed by atoms with Crippen LogP contribution < -0.4 is 4.74 Å². The summed E-state index contributed by atoms with van der Waals surface area (Å²) in [5, 5.41) is 12.7. The van der Waals surface area contributed by atoms with Gasteiger partial charge in [0.1, 0.15) is 11.4 Å². The first-order chi connectivity index (χ1) is 14.8. The van der Waals surface area contributed by atoms with E-state index in [-0.39, 0.29) is 5.91 Å². The van der Waals surface area contributed by atoms with Gasteiger partial charge in [-0.3, -0.25) is 4.79 Å². The van der Waals surface area contributed by atoms with Crippen molar-refractivity contribution in [1.82, 2.24) is 25.1 Å². The summed E-state index contributed by atoms with van der Waals surface area (Å²) in [5.41, 5.74) is 0.774. The van der Waals surface area contributed by atoms with Crippen molar-refractivity contribution >= 4 is 17.7 Å². The molecule has 1 heterocycles. The van der Waals surface area contributed by atoms with E-state index in [4.69, 9.17) is 4.74 Å². The van der Waals surface area contributed by atoms with E-state index >= 15 is 0 Å². The minimum absolute atomic E-state index is 0.230. The van der Waals surface area contributed by atoms with Crippen LogP contribution >= 0.6 is 11.8 Å². The summed E-state index contributed by atoms with van der Waals surface area (Å²) in [6, 6.07) is 8.44. The maximum absolute atomic E-state index is 13.4. The molecule has 2 fully saturated rings. The molecule has 1 amide bonds. The van der Waals surface area contributed by atoms with Gasteiger partial charge < -0.3 is 9.64 Å². The first kappa shape index (κ1) is 21.2. The Morgan fingerprint density at radius 1 is 1.07 bits per heavy atom. The third kappa shape index (κ3) is 4.79. The van der Waals surface area contributed by atoms with E-state index in [1.807, 2.05) is 24.3 Å². The van der Waals surface area contributed by atoms with Crippen LogP contribution in [-0.4, -0.2) is 56.0 Å². The molecule has 0 atom stereocenters. The summed E-state index contributed by atoms with van der Waals surface area (Å²) in [6.45, 7) is 0. The summed E-state index contributed by atoms with van der Waals surface area (Å²) in [5.74, 6) is 1.29. The number of benzene rings is 1. The van der Waals surface area contributed by atoms with Crippen LogP contribution in [0.15, 0.2) is 29.4 Å². The number of ether oxygens (including phenoxy) is 1. The van der Waals surface area contributed by atoms with Crippen molar-refractivity contribution < 1.29 is 9.53 Å². The van der Waals surface area contributed by atoms with Gasteiger partial charge in [-0.2, -0.15) is 4.68 Å². The van der Waals surface area contributed by atoms with Crippen molar-refractivity contribution in [3.63, 3.8) is 0 Å². The number of hydrogen-bond acceptors (Lipinski definition) is 6. The lowest BCUT2D eigenvalue weighted by atomic mass is 9.88. The molecule has 2 aromatic rings. The van der Waals surface area contributed by atoms with E-state index in [1.54, 1.807) is 11.8 Å². The molecule has 0 radical (unpaired) electrons. The largest absolute Gasteiger partial charge is 0.494 e. The van der Waals surface area contributed by atoms with Gasteiger partial charge in [0, 0.05) is 12.1 Å². The molecule has 0 N–H and O–H groups in total. The van der Waals surface area contributed by atoms with Crippen LogP contribution in [0.1, 0.15) is 64.2 Å². The SMILES string of the molecule is COc1ccccc1-n1nnnc1SCC(=O)N(C1CCCCC1)C1CCCCC1. The molecule has 2 saturated carbocycles. The van der Waals surface area contributed by atoms with Crippen molar-refractivity contribution in [1.29, 1.82) is 0 Å². The highest BCUT2D eigenvalue weighted by atomic mass is 32.2. The quantitative estimate of drug-likeness (QED) is 0.613. The molecule has 162 valence electrons. The van der Waals surface area contributed by atoms with Crippen LogP contribution in [0.25, 0.3) is 5.69 Å². The number of hydrogen-bond donors (Lipinski definition) is 0. The van der Waals surface area contributed by atoms with Crippen molar-refractivity contribution in [2.24, 2.45) is 0 Å². The zero-order valence-corrected chi connectivity index (χ0v) is 18.5. The van der Waals surface area contributed by atoms with Crippen LogP contribution in [0.2, 0.25) is 0 Å². The number of para-hydroxylation sites is 2. The molecule has 8 heteroatoms. The Hall–Kier alpha value is -2.09. The fourth-order valence-corrected chi connectivity index (χ4v) is 5.60. The van der Waals surface area contributed by atoms with Crippen molar-refractivity contribution in [3.05, 3.63) is 24.3 Å². The van der Waals surface area contributed by atoms with Crippen molar-refractivity contribution in [2.45, 2.75) is 81.4 Å². The number of carbonyl (C=O) groups excluding carboxylic acids is 1. The van der Waals surface area contributed by atoms with E-state index < -0.39 is 0 Å². The summed E-state index contributed by atoms with van der Waals surface area (Å²) in [6.07, 6.45) is 12.1. The highest BCUT2D eigenvalue weighted by Gasteiger charge is 2.32. The molecule has 0 unspecified atom stereocenters. The second-order valence-electron chi connectivity index (χ2n) is 8.22. The average molecular weight is 430 g/mol. The van der Waals surface area contributed by atoms with Crippen molar-refractivity contribution in [3.8, 4) is 11.4 Å². The van der Waals surface area contributed by atoms with Gasteiger partial charge >= 0.3 is 0 Å². The highest BCUT2D eigenvalue weighted by Crippen LogP contribution is 2.32. The van der Waals surface area contributed by atoms with E-state index in [2.05, 4.69) is 20.4 Å². The number of amides is 1. The van der Waals surface area contributed by atoms with Crippen LogP contribution in [0, 0.1) is 0 Å². The minimum Gasteiger partial charge on any atom is -0.494 e. The smallest absolute Gasteiger partial charge is 0.233 e. The predicted octanol–water partition coefficient (Wildman–Crippen LogP) is 4.26. The highest BCUT2D eigenvalue weighted by molar-refractivity contribution is 7.99. The van der Waals surface area contributed by atoms with Gasteiger partial charge in [-0.25, -0.2) is 0 Å². The predicted molar refractivity (Wildman–Crippen MR) is 117 cm³/mol. The molecule has 4 rings (SSSR count). The maximum atomic E-state index is 13.4.